The summed E-state index contributed by atoms with van der Waals surface area (Å²) in [7, 11) is 0. The minimum absolute atomic E-state index is 0.856. The Morgan fingerprint density at radius 2 is 1.59 bits per heavy atom. The lowest BCUT2D eigenvalue weighted by Crippen LogP contribution is -2.30. The third kappa shape index (κ3) is 2.26. The number of nitrogens with zero attached hydrogens (tertiary/aromatic N) is 1. The zero-order valence-electron chi connectivity index (χ0n) is 9.05. The average molecular weight is 241 g/mol. The van der Waals surface area contributed by atoms with Gasteiger partial charge in [0.05, 0.1) is 11.4 Å². The van der Waals surface area contributed by atoms with Crippen molar-refractivity contribution < 1.29 is 0 Å². The van der Waals surface area contributed by atoms with Crippen LogP contribution in [0.2, 0.25) is 0 Å². The molecule has 1 heterocycles. The highest BCUT2D eigenvalue weighted by atomic mass is 32.2. The fourth-order valence-corrected chi connectivity index (χ4v) is 2.42. The molecule has 4 heteroatoms. The quantitative estimate of drug-likeness (QED) is 0.803. The van der Waals surface area contributed by atoms with Crippen molar-refractivity contribution in [3.05, 3.63) is 54.6 Å². The molecule has 2 aromatic rings. The third-order valence-corrected chi connectivity index (χ3v) is 3.35. The second kappa shape index (κ2) is 4.51. The van der Waals surface area contributed by atoms with E-state index in [4.69, 9.17) is 0 Å². The summed E-state index contributed by atoms with van der Waals surface area (Å²) in [6, 6.07) is 18.1. The molecule has 0 aromatic heterocycles. The Hall–Kier alpha value is -1.94. The first-order valence-electron chi connectivity index (χ1n) is 5.34. The van der Waals surface area contributed by atoms with Crippen LogP contribution in [-0.2, 0) is 0 Å². The second-order valence-corrected chi connectivity index (χ2v) is 4.63. The van der Waals surface area contributed by atoms with Crippen molar-refractivity contribution in [1.29, 1.82) is 0 Å². The molecule has 0 amide bonds. The molecule has 0 radical (unpaired) electrons. The van der Waals surface area contributed by atoms with Crippen molar-refractivity contribution in [2.45, 2.75) is 4.90 Å². The molecule has 1 aliphatic rings. The van der Waals surface area contributed by atoms with E-state index in [1.165, 1.54) is 4.90 Å². The molecule has 0 saturated carbocycles. The highest BCUT2D eigenvalue weighted by molar-refractivity contribution is 8.14. The van der Waals surface area contributed by atoms with E-state index in [-0.39, 0.29) is 0 Å². The van der Waals surface area contributed by atoms with E-state index in [0.717, 1.165) is 16.5 Å². The first-order valence-corrected chi connectivity index (χ1v) is 6.16. The lowest BCUT2D eigenvalue weighted by Gasteiger charge is -2.20. The molecule has 1 aliphatic heterocycles. The van der Waals surface area contributed by atoms with E-state index in [2.05, 4.69) is 21.9 Å². The summed E-state index contributed by atoms with van der Waals surface area (Å²) in [6.45, 7) is 0. The van der Waals surface area contributed by atoms with E-state index in [0.29, 0.717) is 0 Å². The first-order chi connectivity index (χ1) is 8.42. The van der Waals surface area contributed by atoms with Gasteiger partial charge >= 0.3 is 0 Å². The Kier molecular flexibility index (Phi) is 2.71. The Bertz CT molecular complexity index is 552. The summed E-state index contributed by atoms with van der Waals surface area (Å²) >= 11 is 1.63. The number of benzene rings is 2. The second-order valence-electron chi connectivity index (χ2n) is 3.60. The summed E-state index contributed by atoms with van der Waals surface area (Å²) < 4.78 is 0. The summed E-state index contributed by atoms with van der Waals surface area (Å²) in [5.74, 6) is 0. The number of rotatable bonds is 1. The molecule has 3 nitrogen and oxygen atoms in total. The third-order valence-electron chi connectivity index (χ3n) is 2.38. The highest BCUT2D eigenvalue weighted by Gasteiger charge is 2.12. The van der Waals surface area contributed by atoms with Crippen molar-refractivity contribution in [3.63, 3.8) is 0 Å². The standard InChI is InChI=1S/C13H11N3S/c1-2-6-10(7-3-1)14-13-16-15-11-8-4-5-9-12(11)17-13/h1-9,15H,(H,14,16). The van der Waals surface area contributed by atoms with E-state index in [9.17, 15) is 0 Å². The Morgan fingerprint density at radius 3 is 2.47 bits per heavy atom. The molecule has 0 saturated heterocycles. The first kappa shape index (κ1) is 10.2. The number of hydrazine groups is 1. The van der Waals surface area contributed by atoms with Gasteiger partial charge in [-0.15, -0.1) is 0 Å². The van der Waals surface area contributed by atoms with E-state index in [1.54, 1.807) is 11.8 Å². The molecule has 84 valence electrons. The predicted molar refractivity (Wildman–Crippen MR) is 72.6 cm³/mol. The SMILES string of the molecule is c1ccc(N=C2NNc3ccccc3S2)cc1. The summed E-state index contributed by atoms with van der Waals surface area (Å²) in [5, 5.41) is 0.856. The predicted octanol–water partition coefficient (Wildman–Crippen LogP) is 3.40. The number of hydrogen-bond donors (Lipinski definition) is 2. The minimum atomic E-state index is 0.856. The number of fused-ring (bicyclic) bond motifs is 1. The molecular weight excluding hydrogens is 230 g/mol. The molecule has 2 N–H and O–H groups in total. The molecule has 0 aliphatic carbocycles. The van der Waals surface area contributed by atoms with Gasteiger partial charge in [-0.1, -0.05) is 30.3 Å². The van der Waals surface area contributed by atoms with Gasteiger partial charge in [-0.05, 0) is 36.0 Å². The maximum atomic E-state index is 4.52. The van der Waals surface area contributed by atoms with Crippen molar-refractivity contribution >= 4 is 28.3 Å². The van der Waals surface area contributed by atoms with Crippen LogP contribution in [0, 0.1) is 0 Å². The Morgan fingerprint density at radius 1 is 0.824 bits per heavy atom. The summed E-state index contributed by atoms with van der Waals surface area (Å²) in [4.78, 5) is 5.70. The van der Waals surface area contributed by atoms with Gasteiger partial charge in [0, 0.05) is 4.90 Å². The largest absolute Gasteiger partial charge is 0.298 e. The van der Waals surface area contributed by atoms with Gasteiger partial charge in [0.25, 0.3) is 0 Å². The molecule has 2 aromatic carbocycles. The van der Waals surface area contributed by atoms with Gasteiger partial charge in [0.15, 0.2) is 5.17 Å². The minimum Gasteiger partial charge on any atom is -0.298 e. The lowest BCUT2D eigenvalue weighted by atomic mass is 10.3. The molecule has 0 atom stereocenters. The molecule has 0 spiro atoms. The summed E-state index contributed by atoms with van der Waals surface area (Å²) in [5.41, 5.74) is 8.25. The molecular formula is C13H11N3S. The zero-order chi connectivity index (χ0) is 11.5. The summed E-state index contributed by atoms with van der Waals surface area (Å²) in [6.07, 6.45) is 0. The van der Waals surface area contributed by atoms with Crippen LogP contribution in [0.1, 0.15) is 0 Å². The van der Waals surface area contributed by atoms with Gasteiger partial charge in [-0.2, -0.15) is 0 Å². The number of hydrogen-bond acceptors (Lipinski definition) is 3. The Labute approximate surface area is 104 Å². The topological polar surface area (TPSA) is 36.4 Å². The number of anilines is 1. The van der Waals surface area contributed by atoms with Gasteiger partial charge in [-0.25, -0.2) is 4.99 Å². The highest BCUT2D eigenvalue weighted by Crippen LogP contribution is 2.31. The molecule has 0 bridgehead atoms. The zero-order valence-corrected chi connectivity index (χ0v) is 9.87. The maximum absolute atomic E-state index is 4.52. The fourth-order valence-electron chi connectivity index (χ4n) is 1.58. The molecule has 0 fully saturated rings. The van der Waals surface area contributed by atoms with E-state index in [1.807, 2.05) is 48.5 Å². The van der Waals surface area contributed by atoms with Gasteiger partial charge in [0.2, 0.25) is 0 Å². The number of amidine groups is 1. The number of para-hydroxylation sites is 2. The smallest absolute Gasteiger partial charge is 0.185 e. The van der Waals surface area contributed by atoms with Crippen LogP contribution in [0.3, 0.4) is 0 Å². The van der Waals surface area contributed by atoms with Crippen LogP contribution in [0.15, 0.2) is 64.5 Å². The molecule has 17 heavy (non-hydrogen) atoms. The molecule has 3 rings (SSSR count). The van der Waals surface area contributed by atoms with Crippen LogP contribution in [0.25, 0.3) is 0 Å². The average Bonchev–Trinajstić information content (AvgIpc) is 2.40. The van der Waals surface area contributed by atoms with Crippen molar-refractivity contribution in [1.82, 2.24) is 5.43 Å². The Balaban J connectivity index is 1.87. The van der Waals surface area contributed by atoms with Crippen LogP contribution in [-0.4, -0.2) is 5.17 Å². The number of aliphatic imine (C=N–C) groups is 1. The van der Waals surface area contributed by atoms with Gasteiger partial charge in [0.1, 0.15) is 0 Å². The van der Waals surface area contributed by atoms with E-state index < -0.39 is 0 Å². The van der Waals surface area contributed by atoms with E-state index >= 15 is 0 Å². The van der Waals surface area contributed by atoms with Crippen LogP contribution in [0.4, 0.5) is 11.4 Å². The number of thioether (sulfide) groups is 1. The normalized spacial score (nSPS) is 15.9. The van der Waals surface area contributed by atoms with Crippen molar-refractivity contribution in [2.24, 2.45) is 4.99 Å². The van der Waals surface area contributed by atoms with Crippen LogP contribution >= 0.6 is 11.8 Å². The van der Waals surface area contributed by atoms with Crippen molar-refractivity contribution in [2.75, 3.05) is 5.43 Å². The van der Waals surface area contributed by atoms with Crippen LogP contribution in [0.5, 0.6) is 0 Å². The van der Waals surface area contributed by atoms with Gasteiger partial charge < -0.3 is 0 Å². The van der Waals surface area contributed by atoms with Gasteiger partial charge in [-0.3, -0.25) is 10.9 Å². The maximum Gasteiger partial charge on any atom is 0.185 e. The fraction of sp³-hybridized carbons (Fsp3) is 0. The molecule has 0 unspecified atom stereocenters. The van der Waals surface area contributed by atoms with Crippen molar-refractivity contribution in [3.8, 4) is 0 Å². The lowest BCUT2D eigenvalue weighted by molar-refractivity contribution is 1.10. The monoisotopic (exact) mass is 241 g/mol. The number of nitrogens with one attached hydrogen (secondary N) is 2. The van der Waals surface area contributed by atoms with Crippen LogP contribution < -0.4 is 10.9 Å².